The van der Waals surface area contributed by atoms with Crippen LogP contribution in [0.5, 0.6) is 0 Å². The van der Waals surface area contributed by atoms with E-state index in [1.54, 1.807) is 24.0 Å². The lowest BCUT2D eigenvalue weighted by Gasteiger charge is -2.23. The van der Waals surface area contributed by atoms with E-state index in [-0.39, 0.29) is 30.0 Å². The van der Waals surface area contributed by atoms with E-state index in [1.807, 2.05) is 19.1 Å². The van der Waals surface area contributed by atoms with Crippen LogP contribution in [-0.2, 0) is 14.4 Å². The zero-order valence-electron chi connectivity index (χ0n) is 13.5. The molecular weight excluding hydrogens is 316 g/mol. The number of rotatable bonds is 8. The van der Waals surface area contributed by atoms with Gasteiger partial charge in [-0.25, -0.2) is 0 Å². The Morgan fingerprint density at radius 1 is 1.26 bits per heavy atom. The summed E-state index contributed by atoms with van der Waals surface area (Å²) in [6.07, 6.45) is -0.0532. The molecule has 0 aliphatic carbocycles. The topological polar surface area (TPSA) is 86.7 Å². The maximum atomic E-state index is 12.4. The van der Waals surface area contributed by atoms with E-state index < -0.39 is 5.97 Å². The molecule has 23 heavy (non-hydrogen) atoms. The predicted molar refractivity (Wildman–Crippen MR) is 90.6 cm³/mol. The highest BCUT2D eigenvalue weighted by Gasteiger charge is 2.20. The molecule has 126 valence electrons. The van der Waals surface area contributed by atoms with Gasteiger partial charge in [0.25, 0.3) is 0 Å². The fourth-order valence-corrected chi connectivity index (χ4v) is 2.94. The normalized spacial score (nSPS) is 11.6. The third-order valence-electron chi connectivity index (χ3n) is 3.12. The summed E-state index contributed by atoms with van der Waals surface area (Å²) in [4.78, 5) is 36.4. The van der Waals surface area contributed by atoms with Gasteiger partial charge in [0.1, 0.15) is 0 Å². The molecule has 0 heterocycles. The van der Waals surface area contributed by atoms with Gasteiger partial charge in [-0.05, 0) is 38.1 Å². The number of hydrogen-bond acceptors (Lipinski definition) is 4. The number of carboxylic acids is 1. The van der Waals surface area contributed by atoms with Crippen LogP contribution in [0.15, 0.2) is 29.2 Å². The number of carbonyl (C=O) groups is 3. The summed E-state index contributed by atoms with van der Waals surface area (Å²) in [5, 5.41) is 11.1. The number of carbonyl (C=O) groups excluding carboxylic acids is 2. The highest BCUT2D eigenvalue weighted by Crippen LogP contribution is 2.26. The standard InChI is InChI=1S/C16H22N2O4S/c1-4-18(10-9-15(20)21)16(22)11(2)23-14-7-5-13(6-8-14)17-12(3)19/h5-8,11H,4,9-10H2,1-3H3,(H,17,19)(H,20,21). The monoisotopic (exact) mass is 338 g/mol. The molecule has 0 saturated carbocycles. The Kier molecular flexibility index (Phi) is 7.61. The lowest BCUT2D eigenvalue weighted by molar-refractivity contribution is -0.138. The van der Waals surface area contributed by atoms with Crippen LogP contribution in [-0.4, -0.2) is 46.1 Å². The summed E-state index contributed by atoms with van der Waals surface area (Å²) in [7, 11) is 0. The summed E-state index contributed by atoms with van der Waals surface area (Å²) in [5.74, 6) is -1.12. The van der Waals surface area contributed by atoms with Crippen LogP contribution in [0.2, 0.25) is 0 Å². The van der Waals surface area contributed by atoms with Gasteiger partial charge in [0, 0.05) is 30.6 Å². The second-order valence-corrected chi connectivity index (χ2v) is 6.44. The van der Waals surface area contributed by atoms with Crippen LogP contribution in [0.1, 0.15) is 27.2 Å². The van der Waals surface area contributed by atoms with Gasteiger partial charge in [-0.3, -0.25) is 14.4 Å². The zero-order valence-corrected chi connectivity index (χ0v) is 14.4. The van der Waals surface area contributed by atoms with E-state index in [0.717, 1.165) is 4.90 Å². The molecule has 0 aromatic heterocycles. The van der Waals surface area contributed by atoms with Crippen LogP contribution in [0.4, 0.5) is 5.69 Å². The average molecular weight is 338 g/mol. The smallest absolute Gasteiger partial charge is 0.305 e. The predicted octanol–water partition coefficient (Wildman–Crippen LogP) is 2.45. The Bertz CT molecular complexity index is 560. The highest BCUT2D eigenvalue weighted by atomic mass is 32.2. The first-order chi connectivity index (χ1) is 10.8. The van der Waals surface area contributed by atoms with Crippen molar-refractivity contribution in [2.75, 3.05) is 18.4 Å². The number of nitrogens with zero attached hydrogens (tertiary/aromatic N) is 1. The number of nitrogens with one attached hydrogen (secondary N) is 1. The Morgan fingerprint density at radius 3 is 2.35 bits per heavy atom. The van der Waals surface area contributed by atoms with Crippen molar-refractivity contribution in [1.29, 1.82) is 0 Å². The molecule has 0 aliphatic rings. The highest BCUT2D eigenvalue weighted by molar-refractivity contribution is 8.00. The fraction of sp³-hybridized carbons (Fsp3) is 0.438. The van der Waals surface area contributed by atoms with Crippen molar-refractivity contribution in [3.8, 4) is 0 Å². The van der Waals surface area contributed by atoms with Gasteiger partial charge in [0.15, 0.2) is 0 Å². The van der Waals surface area contributed by atoms with E-state index in [4.69, 9.17) is 5.11 Å². The first kappa shape index (κ1) is 19.0. The third kappa shape index (κ3) is 6.73. The quantitative estimate of drug-likeness (QED) is 0.711. The molecule has 0 fully saturated rings. The number of anilines is 1. The maximum Gasteiger partial charge on any atom is 0.305 e. The molecule has 0 saturated heterocycles. The number of carboxylic acid groups (broad SMARTS) is 1. The lowest BCUT2D eigenvalue weighted by Crippen LogP contribution is -2.37. The molecule has 1 atom stereocenters. The first-order valence-electron chi connectivity index (χ1n) is 7.38. The van der Waals surface area contributed by atoms with Crippen molar-refractivity contribution in [3.05, 3.63) is 24.3 Å². The summed E-state index contributed by atoms with van der Waals surface area (Å²) in [6.45, 7) is 5.78. The van der Waals surface area contributed by atoms with Crippen molar-refractivity contribution < 1.29 is 19.5 Å². The molecule has 1 aromatic carbocycles. The molecule has 1 rings (SSSR count). The summed E-state index contributed by atoms with van der Waals surface area (Å²) in [6, 6.07) is 7.24. The molecule has 1 unspecified atom stereocenters. The summed E-state index contributed by atoms with van der Waals surface area (Å²) in [5.41, 5.74) is 0.706. The second kappa shape index (κ2) is 9.19. The van der Waals surface area contributed by atoms with Gasteiger partial charge in [0.05, 0.1) is 11.7 Å². The SMILES string of the molecule is CCN(CCC(=O)O)C(=O)C(C)Sc1ccc(NC(C)=O)cc1. The number of hydrogen-bond donors (Lipinski definition) is 2. The molecule has 6 nitrogen and oxygen atoms in total. The second-order valence-electron chi connectivity index (χ2n) is 5.03. The van der Waals surface area contributed by atoms with Crippen LogP contribution < -0.4 is 5.32 Å². The first-order valence-corrected chi connectivity index (χ1v) is 8.26. The average Bonchev–Trinajstić information content (AvgIpc) is 2.48. The van der Waals surface area contributed by atoms with Crippen molar-refractivity contribution in [3.63, 3.8) is 0 Å². The number of thioether (sulfide) groups is 1. The van der Waals surface area contributed by atoms with Crippen LogP contribution >= 0.6 is 11.8 Å². The lowest BCUT2D eigenvalue weighted by atomic mass is 10.3. The molecule has 0 radical (unpaired) electrons. The molecule has 0 aliphatic heterocycles. The van der Waals surface area contributed by atoms with Crippen molar-refractivity contribution in [1.82, 2.24) is 4.90 Å². The third-order valence-corrected chi connectivity index (χ3v) is 4.22. The molecule has 0 spiro atoms. The van der Waals surface area contributed by atoms with Gasteiger partial charge >= 0.3 is 5.97 Å². The minimum atomic E-state index is -0.912. The zero-order chi connectivity index (χ0) is 17.4. The number of benzene rings is 1. The van der Waals surface area contributed by atoms with Gasteiger partial charge in [-0.15, -0.1) is 11.8 Å². The number of amides is 2. The van der Waals surface area contributed by atoms with Gasteiger partial charge in [0.2, 0.25) is 11.8 Å². The van der Waals surface area contributed by atoms with E-state index in [2.05, 4.69) is 5.32 Å². The Labute approximate surface area is 140 Å². The maximum absolute atomic E-state index is 12.4. The van der Waals surface area contributed by atoms with Crippen LogP contribution in [0.3, 0.4) is 0 Å². The summed E-state index contributed by atoms with van der Waals surface area (Å²) >= 11 is 1.41. The molecule has 0 bridgehead atoms. The minimum absolute atomic E-state index is 0.0532. The molecule has 2 amide bonds. The van der Waals surface area contributed by atoms with Crippen LogP contribution in [0, 0.1) is 0 Å². The van der Waals surface area contributed by atoms with Crippen molar-refractivity contribution in [2.45, 2.75) is 37.3 Å². The number of aliphatic carboxylic acids is 1. The minimum Gasteiger partial charge on any atom is -0.481 e. The molecule has 7 heteroatoms. The summed E-state index contributed by atoms with van der Waals surface area (Å²) < 4.78 is 0. The van der Waals surface area contributed by atoms with E-state index >= 15 is 0 Å². The van der Waals surface area contributed by atoms with Crippen LogP contribution in [0.25, 0.3) is 0 Å². The Balaban J connectivity index is 2.62. The van der Waals surface area contributed by atoms with E-state index in [1.165, 1.54) is 18.7 Å². The van der Waals surface area contributed by atoms with E-state index in [9.17, 15) is 14.4 Å². The van der Waals surface area contributed by atoms with E-state index in [0.29, 0.717) is 12.2 Å². The van der Waals surface area contributed by atoms with Crippen molar-refractivity contribution in [2.24, 2.45) is 0 Å². The van der Waals surface area contributed by atoms with Gasteiger partial charge in [-0.2, -0.15) is 0 Å². The molecule has 1 aromatic rings. The van der Waals surface area contributed by atoms with Gasteiger partial charge < -0.3 is 15.3 Å². The molecule has 2 N–H and O–H groups in total. The Hall–Kier alpha value is -2.02. The van der Waals surface area contributed by atoms with Gasteiger partial charge in [-0.1, -0.05) is 0 Å². The molecular formula is C16H22N2O4S. The Morgan fingerprint density at radius 2 is 1.87 bits per heavy atom. The largest absolute Gasteiger partial charge is 0.481 e. The fourth-order valence-electron chi connectivity index (χ4n) is 1.99. The van der Waals surface area contributed by atoms with Crippen molar-refractivity contribution >= 4 is 35.2 Å².